The lowest BCUT2D eigenvalue weighted by Gasteiger charge is -2.40. The zero-order chi connectivity index (χ0) is 31.7. The number of nitrogens with two attached hydrogens (primary N) is 1. The number of likely N-dealkylation sites (tertiary alicyclic amines) is 1. The van der Waals surface area contributed by atoms with Crippen LogP contribution in [0.5, 0.6) is 0 Å². The number of allylic oxidation sites excluding steroid dienone is 3. The molecule has 2 saturated heterocycles. The van der Waals surface area contributed by atoms with E-state index < -0.39 is 12.3 Å². The molecular weight excluding hydrogens is 552 g/mol. The first-order valence-corrected chi connectivity index (χ1v) is 14.9. The molecule has 3 aliphatic rings. The monoisotopic (exact) mass is 597 g/mol. The third kappa shape index (κ3) is 9.01. The first-order chi connectivity index (χ1) is 20.4. The molecular formula is C34H45F2N3O4. The maximum absolute atomic E-state index is 14.8. The number of carbonyl (C=O) groups is 2. The summed E-state index contributed by atoms with van der Waals surface area (Å²) < 4.78 is 40.6. The molecule has 4 atom stereocenters. The van der Waals surface area contributed by atoms with Crippen LogP contribution in [0.25, 0.3) is 5.70 Å². The van der Waals surface area contributed by atoms with Gasteiger partial charge in [0.1, 0.15) is 24.0 Å². The summed E-state index contributed by atoms with van der Waals surface area (Å²) in [7, 11) is 0. The number of nitrogens with zero attached hydrogens (tertiary/aromatic N) is 2. The molecule has 2 N–H and O–H groups in total. The number of esters is 1. The SMILES string of the molecule is C#C.CC(=O)OC1CCOC(N2C/C=C(F)\C=C/C/C(CC3CCCN3C(=O)C(N)C(C)(C)C)=C\2c2ccc(F)cc2)C1. The van der Waals surface area contributed by atoms with Crippen molar-refractivity contribution in [2.45, 2.75) is 90.6 Å². The van der Waals surface area contributed by atoms with E-state index in [2.05, 4.69) is 12.8 Å². The van der Waals surface area contributed by atoms with Gasteiger partial charge in [0.05, 0.1) is 12.6 Å². The molecule has 43 heavy (non-hydrogen) atoms. The second-order valence-corrected chi connectivity index (χ2v) is 12.3. The Hall–Kier alpha value is -3.48. The minimum atomic E-state index is -0.627. The zero-order valence-corrected chi connectivity index (χ0v) is 25.7. The van der Waals surface area contributed by atoms with Crippen LogP contribution in [0.15, 0.2) is 53.9 Å². The predicted octanol–water partition coefficient (Wildman–Crippen LogP) is 5.72. The van der Waals surface area contributed by atoms with Gasteiger partial charge in [0.15, 0.2) is 0 Å². The molecule has 234 valence electrons. The van der Waals surface area contributed by atoms with Gasteiger partial charge in [0.25, 0.3) is 0 Å². The van der Waals surface area contributed by atoms with Crippen molar-refractivity contribution < 1.29 is 27.8 Å². The van der Waals surface area contributed by atoms with E-state index in [-0.39, 0.29) is 47.6 Å². The van der Waals surface area contributed by atoms with Gasteiger partial charge in [0, 0.05) is 44.6 Å². The van der Waals surface area contributed by atoms with Crippen LogP contribution in [0.4, 0.5) is 8.78 Å². The number of benzene rings is 1. The van der Waals surface area contributed by atoms with E-state index in [1.165, 1.54) is 31.2 Å². The summed E-state index contributed by atoms with van der Waals surface area (Å²) in [6, 6.07) is 5.56. The van der Waals surface area contributed by atoms with Crippen LogP contribution in [-0.4, -0.2) is 65.8 Å². The summed E-state index contributed by atoms with van der Waals surface area (Å²) in [4.78, 5) is 29.1. The van der Waals surface area contributed by atoms with Crippen LogP contribution in [0.2, 0.25) is 0 Å². The molecule has 4 rings (SSSR count). The molecule has 0 bridgehead atoms. The smallest absolute Gasteiger partial charge is 0.302 e. The van der Waals surface area contributed by atoms with Crippen molar-refractivity contribution in [2.24, 2.45) is 11.1 Å². The third-order valence-corrected chi connectivity index (χ3v) is 8.10. The minimum absolute atomic E-state index is 0.0630. The van der Waals surface area contributed by atoms with Gasteiger partial charge in [-0.05, 0) is 78.7 Å². The van der Waals surface area contributed by atoms with Crippen LogP contribution in [0, 0.1) is 24.1 Å². The Morgan fingerprint density at radius 3 is 2.51 bits per heavy atom. The molecule has 4 unspecified atom stereocenters. The van der Waals surface area contributed by atoms with E-state index in [0.29, 0.717) is 38.8 Å². The third-order valence-electron chi connectivity index (χ3n) is 8.10. The summed E-state index contributed by atoms with van der Waals surface area (Å²) in [6.45, 7) is 8.49. The van der Waals surface area contributed by atoms with Crippen molar-refractivity contribution in [2.75, 3.05) is 19.7 Å². The van der Waals surface area contributed by atoms with Crippen molar-refractivity contribution in [3.8, 4) is 12.8 Å². The average Bonchev–Trinajstić information content (AvgIpc) is 3.45. The maximum atomic E-state index is 14.8. The highest BCUT2D eigenvalue weighted by Crippen LogP contribution is 2.37. The standard InChI is InChI=1S/C32H43F2N3O4.C2H2/c1-21(38)41-27-15-18-40-28(20-27)37-17-14-24(33)8-5-7-23(29(37)22-10-12-25(34)13-11-22)19-26-9-6-16-36(26)31(39)30(35)32(2,3)4;1-2/h5,8,10-14,26-28,30H,6-7,9,15-20,35H2,1-4H3;1-2H/b8-5-,24-14+,29-23+;. The first kappa shape index (κ1) is 34.0. The van der Waals surface area contributed by atoms with Gasteiger partial charge >= 0.3 is 5.97 Å². The Morgan fingerprint density at radius 2 is 1.86 bits per heavy atom. The second kappa shape index (κ2) is 15.3. The fourth-order valence-corrected chi connectivity index (χ4v) is 5.85. The van der Waals surface area contributed by atoms with Crippen LogP contribution >= 0.6 is 0 Å². The molecule has 7 nitrogen and oxygen atoms in total. The van der Waals surface area contributed by atoms with Gasteiger partial charge in [0.2, 0.25) is 5.91 Å². The Balaban J connectivity index is 0.00000248. The van der Waals surface area contributed by atoms with Gasteiger partial charge in [-0.15, -0.1) is 12.8 Å². The average molecular weight is 598 g/mol. The summed E-state index contributed by atoms with van der Waals surface area (Å²) >= 11 is 0. The first-order valence-electron chi connectivity index (χ1n) is 14.9. The summed E-state index contributed by atoms with van der Waals surface area (Å²) in [6.07, 6.45) is 15.6. The molecule has 0 aromatic heterocycles. The van der Waals surface area contributed by atoms with E-state index in [1.807, 2.05) is 30.6 Å². The van der Waals surface area contributed by atoms with Gasteiger partial charge in [-0.1, -0.05) is 26.8 Å². The molecule has 3 aliphatic heterocycles. The molecule has 1 aromatic rings. The molecule has 0 spiro atoms. The Labute approximate surface area is 254 Å². The van der Waals surface area contributed by atoms with Gasteiger partial charge in [-0.25, -0.2) is 8.78 Å². The fraction of sp³-hybridized carbons (Fsp3) is 0.529. The van der Waals surface area contributed by atoms with E-state index >= 15 is 0 Å². The lowest BCUT2D eigenvalue weighted by Crippen LogP contribution is -2.51. The molecule has 0 saturated carbocycles. The number of ether oxygens (including phenoxy) is 2. The number of amides is 1. The Morgan fingerprint density at radius 1 is 1.16 bits per heavy atom. The number of terminal acetylenes is 1. The zero-order valence-electron chi connectivity index (χ0n) is 25.7. The van der Waals surface area contributed by atoms with Crippen LogP contribution in [0.3, 0.4) is 0 Å². The normalized spacial score (nSPS) is 27.4. The van der Waals surface area contributed by atoms with Crippen molar-refractivity contribution in [3.63, 3.8) is 0 Å². The lowest BCUT2D eigenvalue weighted by molar-refractivity contribution is -0.158. The molecule has 1 amide bonds. The topological polar surface area (TPSA) is 85.1 Å². The molecule has 1 aromatic carbocycles. The summed E-state index contributed by atoms with van der Waals surface area (Å²) in [5.74, 6) is -1.14. The number of carbonyl (C=O) groups excluding carboxylic acids is 2. The fourth-order valence-electron chi connectivity index (χ4n) is 5.85. The van der Waals surface area contributed by atoms with Crippen molar-refractivity contribution in [3.05, 3.63) is 65.3 Å². The Bertz CT molecular complexity index is 1230. The highest BCUT2D eigenvalue weighted by atomic mass is 19.1. The van der Waals surface area contributed by atoms with E-state index in [4.69, 9.17) is 15.2 Å². The van der Waals surface area contributed by atoms with Crippen molar-refractivity contribution in [1.29, 1.82) is 0 Å². The van der Waals surface area contributed by atoms with Gasteiger partial charge in [-0.2, -0.15) is 0 Å². The molecule has 3 heterocycles. The summed E-state index contributed by atoms with van der Waals surface area (Å²) in [5.41, 5.74) is 8.59. The highest BCUT2D eigenvalue weighted by Gasteiger charge is 2.38. The molecule has 0 aliphatic carbocycles. The minimum Gasteiger partial charge on any atom is -0.462 e. The van der Waals surface area contributed by atoms with E-state index in [9.17, 15) is 18.4 Å². The van der Waals surface area contributed by atoms with Crippen LogP contribution in [-0.2, 0) is 19.1 Å². The largest absolute Gasteiger partial charge is 0.462 e. The van der Waals surface area contributed by atoms with Crippen LogP contribution < -0.4 is 5.73 Å². The number of rotatable bonds is 6. The van der Waals surface area contributed by atoms with Crippen molar-refractivity contribution >= 4 is 17.6 Å². The maximum Gasteiger partial charge on any atom is 0.302 e. The van der Waals surface area contributed by atoms with E-state index in [0.717, 1.165) is 29.7 Å². The van der Waals surface area contributed by atoms with Gasteiger partial charge < -0.3 is 25.0 Å². The molecule has 9 heteroatoms. The number of hydrogen-bond donors (Lipinski definition) is 1. The summed E-state index contributed by atoms with van der Waals surface area (Å²) in [5, 5.41) is 0. The quantitative estimate of drug-likeness (QED) is 0.333. The van der Waals surface area contributed by atoms with Gasteiger partial charge in [-0.3, -0.25) is 9.59 Å². The van der Waals surface area contributed by atoms with Crippen molar-refractivity contribution in [1.82, 2.24) is 9.80 Å². The Kier molecular flexibility index (Phi) is 12.1. The molecule has 0 radical (unpaired) electrons. The molecule has 2 fully saturated rings. The second-order valence-electron chi connectivity index (χ2n) is 12.3. The number of hydrogen-bond acceptors (Lipinski definition) is 6. The number of halogens is 2. The van der Waals surface area contributed by atoms with E-state index in [1.54, 1.807) is 18.2 Å². The van der Waals surface area contributed by atoms with Crippen LogP contribution in [0.1, 0.15) is 71.8 Å². The highest BCUT2D eigenvalue weighted by molar-refractivity contribution is 5.83. The predicted molar refractivity (Wildman–Crippen MR) is 164 cm³/mol. The lowest BCUT2D eigenvalue weighted by atomic mass is 9.86.